The Balaban J connectivity index is 1.84. The van der Waals surface area contributed by atoms with Gasteiger partial charge in [-0.05, 0) is 29.1 Å². The van der Waals surface area contributed by atoms with Gasteiger partial charge in [0.1, 0.15) is 12.4 Å². The zero-order valence-corrected chi connectivity index (χ0v) is 9.67. The van der Waals surface area contributed by atoms with Crippen molar-refractivity contribution in [2.75, 3.05) is 5.32 Å². The number of amides is 1. The van der Waals surface area contributed by atoms with Crippen molar-refractivity contribution in [1.29, 1.82) is 0 Å². The highest BCUT2D eigenvalue weighted by Gasteiger charge is 2.04. The Labute approximate surface area is 102 Å². The SMILES string of the molecule is O=C(Nc1ccsc1)OCc1cccc(F)c1. The molecule has 1 N–H and O–H groups in total. The number of ether oxygens (including phenoxy) is 1. The number of carbonyl (C=O) groups is 1. The number of benzene rings is 1. The molecule has 0 aliphatic rings. The summed E-state index contributed by atoms with van der Waals surface area (Å²) in [4.78, 5) is 11.3. The number of rotatable bonds is 3. The van der Waals surface area contributed by atoms with E-state index in [1.54, 1.807) is 23.6 Å². The van der Waals surface area contributed by atoms with Crippen molar-refractivity contribution in [3.63, 3.8) is 0 Å². The minimum Gasteiger partial charge on any atom is -0.444 e. The van der Waals surface area contributed by atoms with Crippen LogP contribution in [0.3, 0.4) is 0 Å². The second kappa shape index (κ2) is 5.45. The fourth-order valence-corrected chi connectivity index (χ4v) is 1.85. The number of hydrogen-bond acceptors (Lipinski definition) is 3. The van der Waals surface area contributed by atoms with E-state index in [0.29, 0.717) is 11.3 Å². The third kappa shape index (κ3) is 3.57. The van der Waals surface area contributed by atoms with Crippen molar-refractivity contribution in [2.24, 2.45) is 0 Å². The molecule has 0 aliphatic heterocycles. The van der Waals surface area contributed by atoms with Crippen LogP contribution in [0.5, 0.6) is 0 Å². The van der Waals surface area contributed by atoms with Crippen LogP contribution >= 0.6 is 11.3 Å². The maximum Gasteiger partial charge on any atom is 0.411 e. The second-order valence-electron chi connectivity index (χ2n) is 3.34. The molecule has 1 aromatic heterocycles. The van der Waals surface area contributed by atoms with Crippen LogP contribution in [0.2, 0.25) is 0 Å². The minimum atomic E-state index is -0.548. The number of anilines is 1. The van der Waals surface area contributed by atoms with Crippen molar-refractivity contribution < 1.29 is 13.9 Å². The van der Waals surface area contributed by atoms with Gasteiger partial charge < -0.3 is 4.74 Å². The van der Waals surface area contributed by atoms with Crippen LogP contribution in [0.25, 0.3) is 0 Å². The van der Waals surface area contributed by atoms with Crippen LogP contribution in [0.1, 0.15) is 5.56 Å². The number of hydrogen-bond donors (Lipinski definition) is 1. The Morgan fingerprint density at radius 2 is 2.29 bits per heavy atom. The van der Waals surface area contributed by atoms with Gasteiger partial charge in [-0.25, -0.2) is 9.18 Å². The lowest BCUT2D eigenvalue weighted by molar-refractivity contribution is 0.155. The molecule has 0 saturated heterocycles. The smallest absolute Gasteiger partial charge is 0.411 e. The normalized spacial score (nSPS) is 9.94. The number of thiophene rings is 1. The fourth-order valence-electron chi connectivity index (χ4n) is 1.27. The second-order valence-corrected chi connectivity index (χ2v) is 4.12. The van der Waals surface area contributed by atoms with E-state index in [-0.39, 0.29) is 12.4 Å². The summed E-state index contributed by atoms with van der Waals surface area (Å²) in [5.41, 5.74) is 1.31. The van der Waals surface area contributed by atoms with Gasteiger partial charge >= 0.3 is 6.09 Å². The van der Waals surface area contributed by atoms with E-state index < -0.39 is 6.09 Å². The van der Waals surface area contributed by atoms with Gasteiger partial charge in [-0.2, -0.15) is 11.3 Å². The van der Waals surface area contributed by atoms with Crippen molar-refractivity contribution in [2.45, 2.75) is 6.61 Å². The summed E-state index contributed by atoms with van der Waals surface area (Å²) in [6.45, 7) is 0.0493. The quantitative estimate of drug-likeness (QED) is 0.904. The lowest BCUT2D eigenvalue weighted by atomic mass is 10.2. The summed E-state index contributed by atoms with van der Waals surface area (Å²) in [6.07, 6.45) is -0.548. The first-order valence-corrected chi connectivity index (χ1v) is 5.89. The topological polar surface area (TPSA) is 38.3 Å². The van der Waals surface area contributed by atoms with Crippen LogP contribution in [0, 0.1) is 5.82 Å². The van der Waals surface area contributed by atoms with Gasteiger partial charge in [-0.3, -0.25) is 5.32 Å². The largest absolute Gasteiger partial charge is 0.444 e. The number of carbonyl (C=O) groups excluding carboxylic acids is 1. The first kappa shape index (κ1) is 11.6. The Bertz CT molecular complexity index is 499. The van der Waals surface area contributed by atoms with Gasteiger partial charge in [0.05, 0.1) is 5.69 Å². The Morgan fingerprint density at radius 1 is 1.41 bits per heavy atom. The molecule has 1 aromatic carbocycles. The van der Waals surface area contributed by atoms with Crippen molar-refractivity contribution >= 4 is 23.1 Å². The predicted octanol–water partition coefficient (Wildman–Crippen LogP) is 3.64. The molecule has 0 bridgehead atoms. The predicted molar refractivity (Wildman–Crippen MR) is 64.5 cm³/mol. The van der Waals surface area contributed by atoms with Crippen molar-refractivity contribution in [3.8, 4) is 0 Å². The molecule has 0 spiro atoms. The Hall–Kier alpha value is -1.88. The molecule has 0 fully saturated rings. The molecular formula is C12H10FNO2S. The molecular weight excluding hydrogens is 241 g/mol. The van der Waals surface area contributed by atoms with Crippen LogP contribution in [-0.2, 0) is 11.3 Å². The summed E-state index contributed by atoms with van der Waals surface area (Å²) < 4.78 is 17.8. The molecule has 88 valence electrons. The summed E-state index contributed by atoms with van der Waals surface area (Å²) in [5.74, 6) is -0.343. The summed E-state index contributed by atoms with van der Waals surface area (Å²) in [6, 6.07) is 7.71. The third-order valence-corrected chi connectivity index (χ3v) is 2.71. The molecule has 17 heavy (non-hydrogen) atoms. The van der Waals surface area contributed by atoms with Gasteiger partial charge in [0.2, 0.25) is 0 Å². The highest BCUT2D eigenvalue weighted by atomic mass is 32.1. The van der Waals surface area contributed by atoms with Gasteiger partial charge in [-0.15, -0.1) is 0 Å². The molecule has 1 amide bonds. The standard InChI is InChI=1S/C12H10FNO2S/c13-10-3-1-2-9(6-10)7-16-12(15)14-11-4-5-17-8-11/h1-6,8H,7H2,(H,14,15). The number of halogens is 1. The van der Waals surface area contributed by atoms with E-state index in [0.717, 1.165) is 0 Å². The fraction of sp³-hybridized carbons (Fsp3) is 0.0833. The molecule has 0 unspecified atom stereocenters. The lowest BCUT2D eigenvalue weighted by Gasteiger charge is -2.05. The van der Waals surface area contributed by atoms with Gasteiger partial charge in [-0.1, -0.05) is 12.1 Å². The van der Waals surface area contributed by atoms with Crippen LogP contribution in [-0.4, -0.2) is 6.09 Å². The molecule has 0 atom stereocenters. The molecule has 0 saturated carbocycles. The molecule has 2 aromatic rings. The molecule has 5 heteroatoms. The average molecular weight is 251 g/mol. The Morgan fingerprint density at radius 3 is 3.00 bits per heavy atom. The van der Waals surface area contributed by atoms with E-state index in [2.05, 4.69) is 5.32 Å². The van der Waals surface area contributed by atoms with Gasteiger partial charge in [0, 0.05) is 5.38 Å². The first-order chi connectivity index (χ1) is 8.24. The first-order valence-electron chi connectivity index (χ1n) is 4.94. The third-order valence-electron chi connectivity index (χ3n) is 2.03. The van der Waals surface area contributed by atoms with E-state index in [1.165, 1.54) is 23.5 Å². The molecule has 3 nitrogen and oxygen atoms in total. The maximum atomic E-state index is 12.8. The maximum absolute atomic E-state index is 12.8. The zero-order valence-electron chi connectivity index (χ0n) is 8.85. The monoisotopic (exact) mass is 251 g/mol. The van der Waals surface area contributed by atoms with Crippen molar-refractivity contribution in [3.05, 3.63) is 52.5 Å². The van der Waals surface area contributed by atoms with Crippen LogP contribution < -0.4 is 5.32 Å². The Kier molecular flexibility index (Phi) is 3.72. The molecule has 2 rings (SSSR count). The molecule has 0 radical (unpaired) electrons. The summed E-state index contributed by atoms with van der Waals surface area (Å²) in [5, 5.41) is 6.21. The van der Waals surface area contributed by atoms with Crippen LogP contribution in [0.4, 0.5) is 14.9 Å². The summed E-state index contributed by atoms with van der Waals surface area (Å²) >= 11 is 1.48. The van der Waals surface area contributed by atoms with E-state index in [9.17, 15) is 9.18 Å². The number of nitrogens with one attached hydrogen (secondary N) is 1. The highest BCUT2D eigenvalue weighted by molar-refractivity contribution is 7.08. The van der Waals surface area contributed by atoms with Crippen molar-refractivity contribution in [1.82, 2.24) is 0 Å². The molecule has 0 aliphatic carbocycles. The lowest BCUT2D eigenvalue weighted by Crippen LogP contribution is -2.12. The van der Waals surface area contributed by atoms with Gasteiger partial charge in [0.25, 0.3) is 0 Å². The molecule has 1 heterocycles. The van der Waals surface area contributed by atoms with E-state index in [1.807, 2.05) is 5.38 Å². The van der Waals surface area contributed by atoms with Gasteiger partial charge in [0.15, 0.2) is 0 Å². The summed E-state index contributed by atoms with van der Waals surface area (Å²) in [7, 11) is 0. The zero-order chi connectivity index (χ0) is 12.1. The van der Waals surface area contributed by atoms with Crippen LogP contribution in [0.15, 0.2) is 41.1 Å². The van der Waals surface area contributed by atoms with E-state index in [4.69, 9.17) is 4.74 Å². The average Bonchev–Trinajstić information content (AvgIpc) is 2.79. The minimum absolute atomic E-state index is 0.0493. The van der Waals surface area contributed by atoms with E-state index >= 15 is 0 Å². The highest BCUT2D eigenvalue weighted by Crippen LogP contribution is 2.12.